The average molecular weight is 258 g/mol. The third-order valence-electron chi connectivity index (χ3n) is 2.25. The molecule has 5 nitrogen and oxygen atoms in total. The van der Waals surface area contributed by atoms with Gasteiger partial charge in [0.2, 0.25) is 5.88 Å². The third kappa shape index (κ3) is 2.84. The first kappa shape index (κ1) is 12.5. The third-order valence-corrected chi connectivity index (χ3v) is 2.25. The number of hydrogen-bond donors (Lipinski definition) is 1. The van der Waals surface area contributed by atoms with E-state index in [4.69, 9.17) is 15.1 Å². The topological polar surface area (TPSA) is 83.2 Å². The number of aromatic carboxylic acids is 1. The lowest BCUT2D eigenvalue weighted by atomic mass is 10.2. The second-order valence-electron chi connectivity index (χ2n) is 3.54. The summed E-state index contributed by atoms with van der Waals surface area (Å²) in [6.07, 6.45) is 1.27. The summed E-state index contributed by atoms with van der Waals surface area (Å²) in [5.74, 6) is -1.92. The maximum Gasteiger partial charge on any atom is 0.339 e. The molecule has 0 saturated heterocycles. The first-order valence-electron chi connectivity index (χ1n) is 5.17. The molecule has 0 bridgehead atoms. The molecule has 0 amide bonds. The van der Waals surface area contributed by atoms with Gasteiger partial charge in [0.15, 0.2) is 0 Å². The van der Waals surface area contributed by atoms with Crippen molar-refractivity contribution in [3.05, 3.63) is 53.5 Å². The Labute approximate surface area is 107 Å². The van der Waals surface area contributed by atoms with Crippen LogP contribution in [-0.4, -0.2) is 16.1 Å². The highest BCUT2D eigenvalue weighted by atomic mass is 19.1. The molecule has 19 heavy (non-hydrogen) atoms. The summed E-state index contributed by atoms with van der Waals surface area (Å²) in [7, 11) is 0. The Morgan fingerprint density at radius 1 is 1.37 bits per heavy atom. The van der Waals surface area contributed by atoms with E-state index in [1.807, 2.05) is 6.07 Å². The Hall–Kier alpha value is -2.94. The van der Waals surface area contributed by atoms with E-state index in [-0.39, 0.29) is 17.2 Å². The fraction of sp³-hybridized carbons (Fsp3) is 0. The highest BCUT2D eigenvalue weighted by Crippen LogP contribution is 2.25. The summed E-state index contributed by atoms with van der Waals surface area (Å²) in [6, 6.07) is 7.84. The largest absolute Gasteiger partial charge is 0.478 e. The number of nitriles is 1. The van der Waals surface area contributed by atoms with Gasteiger partial charge in [-0.25, -0.2) is 14.2 Å². The molecule has 0 spiro atoms. The molecule has 0 aliphatic carbocycles. The molecule has 0 radical (unpaired) electrons. The molecular weight excluding hydrogens is 251 g/mol. The van der Waals surface area contributed by atoms with Crippen molar-refractivity contribution in [1.82, 2.24) is 4.98 Å². The molecule has 1 heterocycles. The van der Waals surface area contributed by atoms with Gasteiger partial charge in [-0.05, 0) is 18.2 Å². The predicted molar refractivity (Wildman–Crippen MR) is 62.4 cm³/mol. The second-order valence-corrected chi connectivity index (χ2v) is 3.54. The Balaban J connectivity index is 2.34. The SMILES string of the molecule is N#Cc1ccc(Oc2cc(F)ccc2C(=O)O)nc1. The smallest absolute Gasteiger partial charge is 0.339 e. The number of hydrogen-bond acceptors (Lipinski definition) is 4. The van der Waals surface area contributed by atoms with E-state index in [1.54, 1.807) is 0 Å². The Bertz CT molecular complexity index is 663. The van der Waals surface area contributed by atoms with Gasteiger partial charge in [-0.15, -0.1) is 0 Å². The van der Waals surface area contributed by atoms with Crippen LogP contribution in [0.15, 0.2) is 36.5 Å². The zero-order valence-corrected chi connectivity index (χ0v) is 9.50. The molecule has 1 aromatic heterocycles. The molecule has 0 atom stereocenters. The van der Waals surface area contributed by atoms with E-state index >= 15 is 0 Å². The first-order valence-corrected chi connectivity index (χ1v) is 5.17. The molecule has 1 aromatic carbocycles. The van der Waals surface area contributed by atoms with Crippen LogP contribution >= 0.6 is 0 Å². The van der Waals surface area contributed by atoms with Crippen LogP contribution in [0.2, 0.25) is 0 Å². The number of pyridine rings is 1. The number of halogens is 1. The van der Waals surface area contributed by atoms with Crippen molar-refractivity contribution in [2.24, 2.45) is 0 Å². The molecule has 94 valence electrons. The first-order chi connectivity index (χ1) is 9.10. The van der Waals surface area contributed by atoms with Crippen LogP contribution in [-0.2, 0) is 0 Å². The minimum absolute atomic E-state index is 0.0760. The van der Waals surface area contributed by atoms with Crippen LogP contribution in [0, 0.1) is 17.1 Å². The van der Waals surface area contributed by atoms with E-state index in [2.05, 4.69) is 4.98 Å². The van der Waals surface area contributed by atoms with Crippen LogP contribution in [0.25, 0.3) is 0 Å². The van der Waals surface area contributed by atoms with Gasteiger partial charge in [0, 0.05) is 18.3 Å². The van der Waals surface area contributed by atoms with Gasteiger partial charge in [-0.2, -0.15) is 5.26 Å². The van der Waals surface area contributed by atoms with Crippen LogP contribution in [0.3, 0.4) is 0 Å². The monoisotopic (exact) mass is 258 g/mol. The molecule has 2 rings (SSSR count). The second kappa shape index (κ2) is 5.14. The van der Waals surface area contributed by atoms with Crippen molar-refractivity contribution >= 4 is 5.97 Å². The maximum absolute atomic E-state index is 13.1. The van der Waals surface area contributed by atoms with E-state index in [9.17, 15) is 9.18 Å². The van der Waals surface area contributed by atoms with E-state index < -0.39 is 11.8 Å². The average Bonchev–Trinajstić information content (AvgIpc) is 2.39. The predicted octanol–water partition coefficient (Wildman–Crippen LogP) is 2.58. The standard InChI is InChI=1S/C13H7FN2O3/c14-9-2-3-10(13(17)18)11(5-9)19-12-4-1-8(6-15)7-16-12/h1-5,7H,(H,17,18). The highest BCUT2D eigenvalue weighted by molar-refractivity contribution is 5.90. The van der Waals surface area contributed by atoms with Crippen molar-refractivity contribution < 1.29 is 19.0 Å². The number of aromatic nitrogens is 1. The van der Waals surface area contributed by atoms with Gasteiger partial charge >= 0.3 is 5.97 Å². The molecule has 6 heteroatoms. The van der Waals surface area contributed by atoms with Gasteiger partial charge < -0.3 is 9.84 Å². The zero-order chi connectivity index (χ0) is 13.8. The quantitative estimate of drug-likeness (QED) is 0.914. The number of ether oxygens (including phenoxy) is 1. The lowest BCUT2D eigenvalue weighted by Crippen LogP contribution is -2.01. The van der Waals surface area contributed by atoms with Crippen LogP contribution < -0.4 is 4.74 Å². The van der Waals surface area contributed by atoms with Crippen molar-refractivity contribution in [1.29, 1.82) is 5.26 Å². The number of carboxylic acid groups (broad SMARTS) is 1. The molecule has 0 unspecified atom stereocenters. The summed E-state index contributed by atoms with van der Waals surface area (Å²) >= 11 is 0. The number of carbonyl (C=O) groups is 1. The highest BCUT2D eigenvalue weighted by Gasteiger charge is 2.13. The Kier molecular flexibility index (Phi) is 3.39. The summed E-state index contributed by atoms with van der Waals surface area (Å²) in [5.41, 5.74) is 0.164. The van der Waals surface area contributed by atoms with Gasteiger partial charge in [-0.3, -0.25) is 0 Å². The van der Waals surface area contributed by atoms with Crippen molar-refractivity contribution in [3.8, 4) is 17.7 Å². The molecule has 0 saturated carbocycles. The Morgan fingerprint density at radius 3 is 2.74 bits per heavy atom. The summed E-state index contributed by atoms with van der Waals surface area (Å²) < 4.78 is 18.3. The summed E-state index contributed by atoms with van der Waals surface area (Å²) in [5, 5.41) is 17.6. The molecule has 2 aromatic rings. The minimum Gasteiger partial charge on any atom is -0.478 e. The summed E-state index contributed by atoms with van der Waals surface area (Å²) in [6.45, 7) is 0. The van der Waals surface area contributed by atoms with E-state index in [1.165, 1.54) is 18.3 Å². The maximum atomic E-state index is 13.1. The van der Waals surface area contributed by atoms with E-state index in [0.717, 1.165) is 18.2 Å². The lowest BCUT2D eigenvalue weighted by Gasteiger charge is -2.07. The number of benzene rings is 1. The van der Waals surface area contributed by atoms with Crippen molar-refractivity contribution in [2.75, 3.05) is 0 Å². The fourth-order valence-corrected chi connectivity index (χ4v) is 1.38. The van der Waals surface area contributed by atoms with Crippen LogP contribution in [0.5, 0.6) is 11.6 Å². The fourth-order valence-electron chi connectivity index (χ4n) is 1.38. The van der Waals surface area contributed by atoms with Crippen LogP contribution in [0.1, 0.15) is 15.9 Å². The van der Waals surface area contributed by atoms with Crippen molar-refractivity contribution in [3.63, 3.8) is 0 Å². The molecular formula is C13H7FN2O3. The molecule has 0 aliphatic rings. The molecule has 0 aliphatic heterocycles. The van der Waals surface area contributed by atoms with Gasteiger partial charge in [0.1, 0.15) is 23.2 Å². The minimum atomic E-state index is -1.23. The normalized spacial score (nSPS) is 9.68. The van der Waals surface area contributed by atoms with Crippen LogP contribution in [0.4, 0.5) is 4.39 Å². The molecule has 1 N–H and O–H groups in total. The number of rotatable bonds is 3. The number of carboxylic acids is 1. The van der Waals surface area contributed by atoms with Gasteiger partial charge in [0.05, 0.1) is 5.56 Å². The molecule has 0 fully saturated rings. The summed E-state index contributed by atoms with van der Waals surface area (Å²) in [4.78, 5) is 14.8. The Morgan fingerprint density at radius 2 is 2.16 bits per heavy atom. The lowest BCUT2D eigenvalue weighted by molar-refractivity contribution is 0.0694. The zero-order valence-electron chi connectivity index (χ0n) is 9.50. The van der Waals surface area contributed by atoms with Crippen molar-refractivity contribution in [2.45, 2.75) is 0 Å². The number of nitrogens with zero attached hydrogens (tertiary/aromatic N) is 2. The van der Waals surface area contributed by atoms with E-state index in [0.29, 0.717) is 5.56 Å². The van der Waals surface area contributed by atoms with Gasteiger partial charge in [-0.1, -0.05) is 0 Å². The van der Waals surface area contributed by atoms with Gasteiger partial charge in [0.25, 0.3) is 0 Å².